The van der Waals surface area contributed by atoms with E-state index in [0.29, 0.717) is 3.57 Å². The van der Waals surface area contributed by atoms with Crippen molar-refractivity contribution in [3.63, 3.8) is 0 Å². The molecule has 0 aliphatic carbocycles. The van der Waals surface area contributed by atoms with Gasteiger partial charge in [-0.15, -0.1) is 0 Å². The third kappa shape index (κ3) is 1.78. The minimum absolute atomic E-state index is 0.00593. The minimum Gasteiger partial charge on any atom is -0.505 e. The Bertz CT molecular complexity index is 319. The lowest BCUT2D eigenvalue weighted by Crippen LogP contribution is -1.88. The molecule has 0 spiro atoms. The molecule has 6 heteroatoms. The number of phenols is 1. The summed E-state index contributed by atoms with van der Waals surface area (Å²) in [6, 6.07) is 2.36. The molecule has 0 heterocycles. The molecule has 1 rings (SSSR count). The van der Waals surface area contributed by atoms with Crippen LogP contribution in [0.1, 0.15) is 0 Å². The number of rotatable bonds is 1. The predicted octanol–water partition coefficient (Wildman–Crippen LogP) is 2.56. The molecule has 4 nitrogen and oxygen atoms in total. The van der Waals surface area contributed by atoms with Gasteiger partial charge in [0.25, 0.3) is 5.69 Å². The number of non-ortho nitro benzene ring substituents is 1. The van der Waals surface area contributed by atoms with Crippen LogP contribution in [0.4, 0.5) is 5.69 Å². The van der Waals surface area contributed by atoms with Gasteiger partial charge in [0.15, 0.2) is 0 Å². The SMILES string of the molecule is O=[N+]([O-])c1cc(Cl)c(O)c(I)c1. The number of hydrogen-bond donors (Lipinski definition) is 1. The second kappa shape index (κ2) is 3.44. The van der Waals surface area contributed by atoms with E-state index in [4.69, 9.17) is 16.7 Å². The second-order valence-electron chi connectivity index (χ2n) is 2.02. The molecule has 0 radical (unpaired) electrons. The molecule has 1 N–H and O–H groups in total. The average Bonchev–Trinajstić information content (AvgIpc) is 1.99. The highest BCUT2D eigenvalue weighted by atomic mass is 127. The average molecular weight is 299 g/mol. The van der Waals surface area contributed by atoms with Crippen LogP contribution in [0.25, 0.3) is 0 Å². The summed E-state index contributed by atoms with van der Waals surface area (Å²) in [5.74, 6) is -0.122. The smallest absolute Gasteiger partial charge is 0.272 e. The molecular formula is C6H3ClINO3. The van der Waals surface area contributed by atoms with Crippen LogP contribution in [0, 0.1) is 13.7 Å². The van der Waals surface area contributed by atoms with E-state index in [0.717, 1.165) is 6.07 Å². The zero-order valence-electron chi connectivity index (χ0n) is 5.62. The van der Waals surface area contributed by atoms with Gasteiger partial charge in [0, 0.05) is 12.1 Å². The van der Waals surface area contributed by atoms with Crippen LogP contribution >= 0.6 is 34.2 Å². The third-order valence-electron chi connectivity index (χ3n) is 1.21. The zero-order chi connectivity index (χ0) is 9.30. The fourth-order valence-electron chi connectivity index (χ4n) is 0.658. The van der Waals surface area contributed by atoms with E-state index in [1.165, 1.54) is 6.07 Å². The Balaban J connectivity index is 3.31. The maximum absolute atomic E-state index is 10.3. The van der Waals surface area contributed by atoms with Crippen LogP contribution in [0.3, 0.4) is 0 Å². The molecule has 0 aliphatic heterocycles. The lowest BCUT2D eigenvalue weighted by Gasteiger charge is -1.98. The molecule has 0 atom stereocenters. The van der Waals surface area contributed by atoms with E-state index in [1.807, 2.05) is 0 Å². The Morgan fingerprint density at radius 1 is 1.58 bits per heavy atom. The van der Waals surface area contributed by atoms with Gasteiger partial charge in [-0.05, 0) is 22.6 Å². The van der Waals surface area contributed by atoms with Crippen LogP contribution in [0.5, 0.6) is 5.75 Å². The lowest BCUT2D eigenvalue weighted by atomic mass is 10.3. The molecule has 0 aromatic heterocycles. The number of benzene rings is 1. The standard InChI is InChI=1S/C6H3ClINO3/c7-4-1-3(9(11)12)2-5(8)6(4)10/h1-2,10H. The van der Waals surface area contributed by atoms with E-state index < -0.39 is 4.92 Å². The Hall–Kier alpha value is -0.560. The molecule has 0 amide bonds. The lowest BCUT2D eigenvalue weighted by molar-refractivity contribution is -0.384. The van der Waals surface area contributed by atoms with Gasteiger partial charge < -0.3 is 5.11 Å². The number of nitro groups is 1. The van der Waals surface area contributed by atoms with Gasteiger partial charge >= 0.3 is 0 Å². The van der Waals surface area contributed by atoms with Crippen molar-refractivity contribution in [1.29, 1.82) is 0 Å². The van der Waals surface area contributed by atoms with Gasteiger partial charge in [0.2, 0.25) is 0 Å². The Morgan fingerprint density at radius 3 is 2.58 bits per heavy atom. The largest absolute Gasteiger partial charge is 0.505 e. The fourth-order valence-corrected chi connectivity index (χ4v) is 1.64. The number of phenolic OH excluding ortho intramolecular Hbond substituents is 1. The molecule has 1 aromatic rings. The molecule has 64 valence electrons. The van der Waals surface area contributed by atoms with Crippen molar-refractivity contribution in [1.82, 2.24) is 0 Å². The van der Waals surface area contributed by atoms with Crippen molar-refractivity contribution in [3.05, 3.63) is 30.8 Å². The van der Waals surface area contributed by atoms with Gasteiger partial charge in [-0.25, -0.2) is 0 Å². The highest BCUT2D eigenvalue weighted by molar-refractivity contribution is 14.1. The summed E-state index contributed by atoms with van der Waals surface area (Å²) in [7, 11) is 0. The van der Waals surface area contributed by atoms with E-state index in [2.05, 4.69) is 0 Å². The van der Waals surface area contributed by atoms with Crippen LogP contribution < -0.4 is 0 Å². The summed E-state index contributed by atoms with van der Waals surface area (Å²) in [6.45, 7) is 0. The Labute approximate surface area is 86.4 Å². The first-order valence-corrected chi connectivity index (χ1v) is 4.30. The maximum Gasteiger partial charge on any atom is 0.272 e. The van der Waals surface area contributed by atoms with Crippen molar-refractivity contribution in [2.45, 2.75) is 0 Å². The van der Waals surface area contributed by atoms with Crippen LogP contribution in [-0.2, 0) is 0 Å². The van der Waals surface area contributed by atoms with E-state index in [1.54, 1.807) is 22.6 Å². The van der Waals surface area contributed by atoms with Gasteiger partial charge in [-0.1, -0.05) is 11.6 Å². The molecule has 0 bridgehead atoms. The number of nitrogens with zero attached hydrogens (tertiary/aromatic N) is 1. The molecule has 0 aliphatic rings. The quantitative estimate of drug-likeness (QED) is 0.492. The van der Waals surface area contributed by atoms with Gasteiger partial charge in [0.1, 0.15) is 5.75 Å². The first-order chi connectivity index (χ1) is 5.52. The van der Waals surface area contributed by atoms with Crippen molar-refractivity contribution < 1.29 is 10.0 Å². The van der Waals surface area contributed by atoms with Crippen molar-refractivity contribution in [3.8, 4) is 5.75 Å². The molecule has 0 saturated carbocycles. The van der Waals surface area contributed by atoms with E-state index in [9.17, 15) is 10.1 Å². The summed E-state index contributed by atoms with van der Waals surface area (Å²) in [5, 5.41) is 19.4. The molecule has 0 saturated heterocycles. The highest BCUT2D eigenvalue weighted by Crippen LogP contribution is 2.32. The van der Waals surface area contributed by atoms with E-state index in [-0.39, 0.29) is 16.5 Å². The number of hydrogen-bond acceptors (Lipinski definition) is 3. The molecule has 12 heavy (non-hydrogen) atoms. The maximum atomic E-state index is 10.3. The zero-order valence-corrected chi connectivity index (χ0v) is 8.53. The van der Waals surface area contributed by atoms with Crippen molar-refractivity contribution in [2.75, 3.05) is 0 Å². The monoisotopic (exact) mass is 299 g/mol. The fraction of sp³-hybridized carbons (Fsp3) is 0. The van der Waals surface area contributed by atoms with Gasteiger partial charge in [-0.2, -0.15) is 0 Å². The van der Waals surface area contributed by atoms with Crippen molar-refractivity contribution >= 4 is 39.9 Å². The first kappa shape index (κ1) is 9.53. The van der Waals surface area contributed by atoms with E-state index >= 15 is 0 Å². The molecular weight excluding hydrogens is 296 g/mol. The topological polar surface area (TPSA) is 63.4 Å². The van der Waals surface area contributed by atoms with Gasteiger partial charge in [0.05, 0.1) is 13.5 Å². The van der Waals surface area contributed by atoms with Crippen LogP contribution in [-0.4, -0.2) is 10.0 Å². The second-order valence-corrected chi connectivity index (χ2v) is 3.58. The summed E-state index contributed by atoms with van der Waals surface area (Å²) in [6.07, 6.45) is 0. The molecule has 0 unspecified atom stereocenters. The summed E-state index contributed by atoms with van der Waals surface area (Å²) < 4.78 is 0.367. The first-order valence-electron chi connectivity index (χ1n) is 2.85. The predicted molar refractivity (Wildman–Crippen MR) is 52.5 cm³/mol. The number of aromatic hydroxyl groups is 1. The Morgan fingerprint density at radius 2 is 2.17 bits per heavy atom. The normalized spacial score (nSPS) is 9.83. The highest BCUT2D eigenvalue weighted by Gasteiger charge is 2.12. The molecule has 0 fully saturated rings. The summed E-state index contributed by atoms with van der Waals surface area (Å²) >= 11 is 7.27. The number of halogens is 2. The van der Waals surface area contributed by atoms with Crippen molar-refractivity contribution in [2.24, 2.45) is 0 Å². The Kier molecular flexibility index (Phi) is 2.73. The molecule has 1 aromatic carbocycles. The number of nitro benzene ring substituents is 1. The van der Waals surface area contributed by atoms with Crippen LogP contribution in [0.15, 0.2) is 12.1 Å². The minimum atomic E-state index is -0.562. The summed E-state index contributed by atoms with van der Waals surface area (Å²) in [5.41, 5.74) is -0.123. The van der Waals surface area contributed by atoms with Crippen LogP contribution in [0.2, 0.25) is 5.02 Å². The summed E-state index contributed by atoms with van der Waals surface area (Å²) in [4.78, 5) is 9.72. The third-order valence-corrected chi connectivity index (χ3v) is 2.32. The van der Waals surface area contributed by atoms with Gasteiger partial charge in [-0.3, -0.25) is 10.1 Å².